The van der Waals surface area contributed by atoms with Gasteiger partial charge < -0.3 is 9.47 Å². The van der Waals surface area contributed by atoms with E-state index in [4.69, 9.17) is 9.47 Å². The van der Waals surface area contributed by atoms with Crippen molar-refractivity contribution in [2.75, 3.05) is 0 Å². The molecule has 2 aromatic heterocycles. The molecule has 0 aliphatic rings. The molecule has 28 heavy (non-hydrogen) atoms. The molecule has 0 unspecified atom stereocenters. The summed E-state index contributed by atoms with van der Waals surface area (Å²) in [5.41, 5.74) is 1.34. The largest absolute Gasteiger partial charge is 0.422 e. The maximum absolute atomic E-state index is 12.4. The van der Waals surface area contributed by atoms with Crippen molar-refractivity contribution in [1.82, 2.24) is 0 Å². The van der Waals surface area contributed by atoms with Crippen LogP contribution in [0.25, 0.3) is 11.1 Å². The summed E-state index contributed by atoms with van der Waals surface area (Å²) >= 11 is 2.64. The van der Waals surface area contributed by atoms with Crippen LogP contribution < -0.4 is 9.47 Å². The van der Waals surface area contributed by atoms with Crippen molar-refractivity contribution < 1.29 is 19.1 Å². The molecule has 0 N–H and O–H groups in total. The average Bonchev–Trinajstić information content (AvgIpc) is 3.43. The van der Waals surface area contributed by atoms with Crippen LogP contribution in [0.3, 0.4) is 0 Å². The highest BCUT2D eigenvalue weighted by Gasteiger charge is 2.18. The highest BCUT2D eigenvalue weighted by molar-refractivity contribution is 7.12. The topological polar surface area (TPSA) is 52.6 Å². The van der Waals surface area contributed by atoms with E-state index in [1.54, 1.807) is 48.5 Å². The highest BCUT2D eigenvalue weighted by atomic mass is 32.1. The van der Waals surface area contributed by atoms with Gasteiger partial charge >= 0.3 is 11.9 Å². The van der Waals surface area contributed by atoms with Crippen molar-refractivity contribution in [1.29, 1.82) is 0 Å². The maximum atomic E-state index is 12.4. The Morgan fingerprint density at radius 1 is 0.571 bits per heavy atom. The first-order chi connectivity index (χ1) is 13.7. The summed E-state index contributed by atoms with van der Waals surface area (Å²) in [5, 5.41) is 3.64. The van der Waals surface area contributed by atoms with Crippen molar-refractivity contribution in [3.63, 3.8) is 0 Å². The SMILES string of the molecule is O=C(Oc1ccccc1-c1ccccc1OC(=O)c1cccs1)c1cccs1. The molecule has 2 aromatic carbocycles. The van der Waals surface area contributed by atoms with Crippen LogP contribution >= 0.6 is 22.7 Å². The molecule has 0 spiro atoms. The van der Waals surface area contributed by atoms with E-state index in [0.29, 0.717) is 32.4 Å². The lowest BCUT2D eigenvalue weighted by molar-refractivity contribution is 0.0728. The summed E-state index contributed by atoms with van der Waals surface area (Å²) in [7, 11) is 0. The van der Waals surface area contributed by atoms with Gasteiger partial charge in [-0.3, -0.25) is 0 Å². The lowest BCUT2D eigenvalue weighted by Gasteiger charge is -2.13. The predicted octanol–water partition coefficient (Wildman–Crippen LogP) is 5.92. The van der Waals surface area contributed by atoms with E-state index in [-0.39, 0.29) is 0 Å². The van der Waals surface area contributed by atoms with Gasteiger partial charge in [-0.25, -0.2) is 9.59 Å². The molecule has 6 heteroatoms. The number of benzene rings is 2. The molecular weight excluding hydrogens is 392 g/mol. The minimum atomic E-state index is -0.421. The minimum absolute atomic E-state index is 0.403. The van der Waals surface area contributed by atoms with E-state index in [1.165, 1.54) is 22.7 Å². The first-order valence-corrected chi connectivity index (χ1v) is 10.2. The van der Waals surface area contributed by atoms with Gasteiger partial charge in [0, 0.05) is 11.1 Å². The van der Waals surface area contributed by atoms with Crippen LogP contribution in [0.15, 0.2) is 83.6 Å². The number of carbonyl (C=O) groups excluding carboxylic acids is 2. The third kappa shape index (κ3) is 3.88. The van der Waals surface area contributed by atoms with Crippen molar-refractivity contribution in [3.05, 3.63) is 93.3 Å². The molecule has 4 nitrogen and oxygen atoms in total. The number of esters is 2. The predicted molar refractivity (Wildman–Crippen MR) is 110 cm³/mol. The van der Waals surface area contributed by atoms with Gasteiger partial charge in [0.1, 0.15) is 21.3 Å². The summed E-state index contributed by atoms with van der Waals surface area (Å²) in [6, 6.07) is 21.4. The molecule has 0 aliphatic heterocycles. The molecule has 2 heterocycles. The molecule has 4 rings (SSSR count). The third-order valence-electron chi connectivity index (χ3n) is 3.91. The van der Waals surface area contributed by atoms with Crippen molar-refractivity contribution in [2.24, 2.45) is 0 Å². The zero-order chi connectivity index (χ0) is 19.3. The quantitative estimate of drug-likeness (QED) is 0.305. The van der Waals surface area contributed by atoms with Crippen LogP contribution in [-0.4, -0.2) is 11.9 Å². The first-order valence-electron chi connectivity index (χ1n) is 8.42. The standard InChI is InChI=1S/C22H14O4S2/c23-21(19-11-5-13-27-19)25-17-9-3-1-7-15(17)16-8-2-4-10-18(16)26-22(24)20-12-6-14-28-20/h1-14H. The molecule has 0 fully saturated rings. The van der Waals surface area contributed by atoms with Gasteiger partial charge in [0.15, 0.2) is 0 Å². The molecule has 0 amide bonds. The number of thiophene rings is 2. The van der Waals surface area contributed by atoms with Gasteiger partial charge in [0.25, 0.3) is 0 Å². The number of hydrogen-bond acceptors (Lipinski definition) is 6. The minimum Gasteiger partial charge on any atom is -0.422 e. The average molecular weight is 406 g/mol. The van der Waals surface area contributed by atoms with Crippen molar-refractivity contribution in [3.8, 4) is 22.6 Å². The second-order valence-electron chi connectivity index (χ2n) is 5.73. The Kier molecular flexibility index (Phi) is 5.32. The lowest BCUT2D eigenvalue weighted by atomic mass is 10.0. The number of para-hydroxylation sites is 2. The van der Waals surface area contributed by atoms with Gasteiger partial charge in [-0.2, -0.15) is 0 Å². The van der Waals surface area contributed by atoms with Crippen LogP contribution in [0.2, 0.25) is 0 Å². The van der Waals surface area contributed by atoms with Gasteiger partial charge in [0.05, 0.1) is 0 Å². The Hall–Kier alpha value is -3.22. The van der Waals surface area contributed by atoms with Crippen LogP contribution in [-0.2, 0) is 0 Å². The summed E-state index contributed by atoms with van der Waals surface area (Å²) in [4.78, 5) is 25.8. The fourth-order valence-electron chi connectivity index (χ4n) is 2.65. The normalized spacial score (nSPS) is 10.4. The molecule has 0 atom stereocenters. The Balaban J connectivity index is 1.66. The van der Waals surface area contributed by atoms with Gasteiger partial charge in [-0.15, -0.1) is 22.7 Å². The Labute approximate surface area is 169 Å². The summed E-state index contributed by atoms with van der Waals surface area (Å²) < 4.78 is 11.2. The zero-order valence-corrected chi connectivity index (χ0v) is 16.2. The van der Waals surface area contributed by atoms with Gasteiger partial charge in [-0.1, -0.05) is 48.5 Å². The third-order valence-corrected chi connectivity index (χ3v) is 5.61. The lowest BCUT2D eigenvalue weighted by Crippen LogP contribution is -2.09. The number of ether oxygens (including phenoxy) is 2. The van der Waals surface area contributed by atoms with E-state index < -0.39 is 11.9 Å². The Morgan fingerprint density at radius 2 is 1.00 bits per heavy atom. The Bertz CT molecular complexity index is 1010. The first kappa shape index (κ1) is 18.2. The molecular formula is C22H14O4S2. The van der Waals surface area contributed by atoms with E-state index in [9.17, 15) is 9.59 Å². The molecule has 0 saturated heterocycles. The zero-order valence-electron chi connectivity index (χ0n) is 14.5. The molecule has 0 bridgehead atoms. The molecule has 138 valence electrons. The summed E-state index contributed by atoms with van der Waals surface area (Å²) in [6.07, 6.45) is 0. The second kappa shape index (κ2) is 8.21. The molecule has 0 saturated carbocycles. The summed E-state index contributed by atoms with van der Waals surface area (Å²) in [6.45, 7) is 0. The monoisotopic (exact) mass is 406 g/mol. The van der Waals surface area contributed by atoms with Crippen LogP contribution in [0, 0.1) is 0 Å². The van der Waals surface area contributed by atoms with Crippen LogP contribution in [0.4, 0.5) is 0 Å². The number of carbonyl (C=O) groups is 2. The van der Waals surface area contributed by atoms with Crippen molar-refractivity contribution >= 4 is 34.6 Å². The van der Waals surface area contributed by atoms with E-state index in [1.807, 2.05) is 35.0 Å². The highest BCUT2D eigenvalue weighted by Crippen LogP contribution is 2.37. The number of rotatable bonds is 5. The van der Waals surface area contributed by atoms with E-state index >= 15 is 0 Å². The fourth-order valence-corrected chi connectivity index (χ4v) is 3.84. The number of hydrogen-bond donors (Lipinski definition) is 0. The molecule has 4 aromatic rings. The van der Waals surface area contributed by atoms with E-state index in [2.05, 4.69) is 0 Å². The van der Waals surface area contributed by atoms with Crippen LogP contribution in [0.5, 0.6) is 11.5 Å². The summed E-state index contributed by atoms with van der Waals surface area (Å²) in [5.74, 6) is -0.0351. The second-order valence-corrected chi connectivity index (χ2v) is 7.62. The van der Waals surface area contributed by atoms with Gasteiger partial charge in [0.2, 0.25) is 0 Å². The maximum Gasteiger partial charge on any atom is 0.353 e. The smallest absolute Gasteiger partial charge is 0.353 e. The Morgan fingerprint density at radius 3 is 1.39 bits per heavy atom. The van der Waals surface area contributed by atoms with Crippen molar-refractivity contribution in [2.45, 2.75) is 0 Å². The van der Waals surface area contributed by atoms with Gasteiger partial charge in [-0.05, 0) is 35.0 Å². The molecule has 0 radical (unpaired) electrons. The molecule has 0 aliphatic carbocycles. The van der Waals surface area contributed by atoms with Crippen LogP contribution in [0.1, 0.15) is 19.3 Å². The van der Waals surface area contributed by atoms with E-state index in [0.717, 1.165) is 0 Å². The fraction of sp³-hybridized carbons (Fsp3) is 0.